The Kier molecular flexibility index (Phi) is 3.65. The number of ether oxygens (including phenoxy) is 2. The molecule has 2 rings (SSSR count). The highest BCUT2D eigenvalue weighted by atomic mass is 16.7. The fourth-order valence-electron chi connectivity index (χ4n) is 3.12. The second kappa shape index (κ2) is 4.81. The van der Waals surface area contributed by atoms with Crippen molar-refractivity contribution in [1.82, 2.24) is 5.32 Å². The van der Waals surface area contributed by atoms with Crippen LogP contribution in [-0.4, -0.2) is 26.2 Å². The van der Waals surface area contributed by atoms with Gasteiger partial charge in [-0.25, -0.2) is 0 Å². The second-order valence-corrected chi connectivity index (χ2v) is 4.96. The fourth-order valence-corrected chi connectivity index (χ4v) is 3.12. The van der Waals surface area contributed by atoms with Crippen molar-refractivity contribution in [3.63, 3.8) is 0 Å². The van der Waals surface area contributed by atoms with Crippen molar-refractivity contribution in [2.45, 2.75) is 57.9 Å². The summed E-state index contributed by atoms with van der Waals surface area (Å²) in [7, 11) is 1.70. The predicted octanol–water partition coefficient (Wildman–Crippen LogP) is 2.27. The summed E-state index contributed by atoms with van der Waals surface area (Å²) in [6, 6.07) is 0.587. The van der Waals surface area contributed by atoms with Crippen molar-refractivity contribution in [3.8, 4) is 0 Å². The van der Waals surface area contributed by atoms with Crippen LogP contribution in [0.3, 0.4) is 0 Å². The van der Waals surface area contributed by atoms with Gasteiger partial charge in [-0.05, 0) is 19.3 Å². The Hall–Kier alpha value is -0.120. The molecule has 0 aromatic carbocycles. The Balaban J connectivity index is 2.03. The van der Waals surface area contributed by atoms with E-state index in [0.29, 0.717) is 11.5 Å². The minimum absolute atomic E-state index is 0.187. The molecule has 0 bridgehead atoms. The molecule has 1 aliphatic carbocycles. The van der Waals surface area contributed by atoms with Gasteiger partial charge in [-0.2, -0.15) is 0 Å². The van der Waals surface area contributed by atoms with E-state index in [0.717, 1.165) is 6.61 Å². The van der Waals surface area contributed by atoms with Crippen LogP contribution in [0.25, 0.3) is 0 Å². The lowest BCUT2D eigenvalue weighted by atomic mass is 9.76. The smallest absolute Gasteiger partial charge is 0.216 e. The van der Waals surface area contributed by atoms with E-state index in [-0.39, 0.29) is 6.41 Å². The first-order valence-electron chi connectivity index (χ1n) is 6.21. The SMILES string of the molecule is CCCC1NC(OC)OCC12CCCC2. The molecule has 3 heteroatoms. The van der Waals surface area contributed by atoms with E-state index < -0.39 is 0 Å². The van der Waals surface area contributed by atoms with Gasteiger partial charge < -0.3 is 9.47 Å². The van der Waals surface area contributed by atoms with Gasteiger partial charge in [0.25, 0.3) is 0 Å². The van der Waals surface area contributed by atoms with Gasteiger partial charge in [-0.15, -0.1) is 0 Å². The Labute approximate surface area is 92.5 Å². The molecule has 0 aromatic rings. The van der Waals surface area contributed by atoms with Crippen molar-refractivity contribution < 1.29 is 9.47 Å². The van der Waals surface area contributed by atoms with E-state index in [1.165, 1.54) is 38.5 Å². The summed E-state index contributed by atoms with van der Waals surface area (Å²) in [6.45, 7) is 3.13. The molecule has 2 unspecified atom stereocenters. The van der Waals surface area contributed by atoms with Crippen LogP contribution in [0.2, 0.25) is 0 Å². The topological polar surface area (TPSA) is 30.5 Å². The first-order valence-corrected chi connectivity index (χ1v) is 6.21. The van der Waals surface area contributed by atoms with Crippen LogP contribution < -0.4 is 5.32 Å². The third-order valence-corrected chi connectivity index (χ3v) is 3.99. The summed E-state index contributed by atoms with van der Waals surface area (Å²) in [5.41, 5.74) is 0.408. The van der Waals surface area contributed by atoms with E-state index in [1.54, 1.807) is 7.11 Å². The zero-order valence-corrected chi connectivity index (χ0v) is 9.92. The van der Waals surface area contributed by atoms with Gasteiger partial charge in [0.2, 0.25) is 6.41 Å². The highest BCUT2D eigenvalue weighted by Gasteiger charge is 2.45. The Bertz CT molecular complexity index is 202. The number of nitrogens with one attached hydrogen (secondary N) is 1. The zero-order chi connectivity index (χ0) is 10.7. The Morgan fingerprint density at radius 1 is 1.40 bits per heavy atom. The third kappa shape index (κ3) is 2.19. The summed E-state index contributed by atoms with van der Waals surface area (Å²) in [5, 5.41) is 3.49. The van der Waals surface area contributed by atoms with Crippen molar-refractivity contribution in [1.29, 1.82) is 0 Å². The Morgan fingerprint density at radius 3 is 2.73 bits per heavy atom. The quantitative estimate of drug-likeness (QED) is 0.780. The molecule has 0 amide bonds. The fraction of sp³-hybridized carbons (Fsp3) is 1.00. The largest absolute Gasteiger partial charge is 0.343 e. The van der Waals surface area contributed by atoms with Crippen LogP contribution in [0.15, 0.2) is 0 Å². The molecular formula is C12H23NO2. The average molecular weight is 213 g/mol. The van der Waals surface area contributed by atoms with Gasteiger partial charge in [-0.3, -0.25) is 5.32 Å². The summed E-state index contributed by atoms with van der Waals surface area (Å²) in [6.07, 6.45) is 7.65. The molecule has 0 aromatic heterocycles. The lowest BCUT2D eigenvalue weighted by Crippen LogP contribution is -2.57. The van der Waals surface area contributed by atoms with Crippen LogP contribution in [-0.2, 0) is 9.47 Å². The lowest BCUT2D eigenvalue weighted by Gasteiger charge is -2.44. The molecule has 2 aliphatic rings. The van der Waals surface area contributed by atoms with Crippen LogP contribution >= 0.6 is 0 Å². The Morgan fingerprint density at radius 2 is 2.13 bits per heavy atom. The number of rotatable bonds is 3. The summed E-state index contributed by atoms with van der Waals surface area (Å²) >= 11 is 0. The number of hydrogen-bond donors (Lipinski definition) is 1. The first-order chi connectivity index (χ1) is 7.30. The van der Waals surface area contributed by atoms with Crippen molar-refractivity contribution in [3.05, 3.63) is 0 Å². The maximum Gasteiger partial charge on any atom is 0.216 e. The van der Waals surface area contributed by atoms with Gasteiger partial charge >= 0.3 is 0 Å². The summed E-state index contributed by atoms with van der Waals surface area (Å²) in [5.74, 6) is 0. The predicted molar refractivity (Wildman–Crippen MR) is 59.5 cm³/mol. The molecule has 1 aliphatic heterocycles. The first kappa shape index (κ1) is 11.4. The highest BCUT2D eigenvalue weighted by molar-refractivity contribution is 4.96. The highest BCUT2D eigenvalue weighted by Crippen LogP contribution is 2.44. The van der Waals surface area contributed by atoms with Crippen molar-refractivity contribution in [2.24, 2.45) is 5.41 Å². The van der Waals surface area contributed by atoms with Gasteiger partial charge in [0.15, 0.2) is 0 Å². The molecule has 1 saturated carbocycles. The molecule has 1 saturated heterocycles. The lowest BCUT2D eigenvalue weighted by molar-refractivity contribution is -0.208. The number of methoxy groups -OCH3 is 1. The standard InChI is InChI=1S/C12H23NO2/c1-3-6-10-12(7-4-5-8-12)9-15-11(13-10)14-2/h10-11,13H,3-9H2,1-2H3. The minimum Gasteiger partial charge on any atom is -0.343 e. The van der Waals surface area contributed by atoms with Gasteiger partial charge in [0, 0.05) is 18.6 Å². The summed E-state index contributed by atoms with van der Waals surface area (Å²) < 4.78 is 10.9. The van der Waals surface area contributed by atoms with Crippen LogP contribution in [0.5, 0.6) is 0 Å². The van der Waals surface area contributed by atoms with Gasteiger partial charge in [0.1, 0.15) is 0 Å². The summed E-state index contributed by atoms with van der Waals surface area (Å²) in [4.78, 5) is 0. The molecule has 3 nitrogen and oxygen atoms in total. The molecule has 2 atom stereocenters. The molecular weight excluding hydrogens is 190 g/mol. The van der Waals surface area contributed by atoms with Crippen LogP contribution in [0.4, 0.5) is 0 Å². The molecule has 0 radical (unpaired) electrons. The van der Waals surface area contributed by atoms with Crippen LogP contribution in [0.1, 0.15) is 45.4 Å². The van der Waals surface area contributed by atoms with Gasteiger partial charge in [0.05, 0.1) is 6.61 Å². The van der Waals surface area contributed by atoms with Crippen molar-refractivity contribution >= 4 is 0 Å². The molecule has 88 valence electrons. The maximum absolute atomic E-state index is 5.71. The normalized spacial score (nSPS) is 34.8. The molecule has 1 heterocycles. The molecule has 1 spiro atoms. The van der Waals surface area contributed by atoms with Crippen LogP contribution in [0, 0.1) is 5.41 Å². The monoisotopic (exact) mass is 213 g/mol. The molecule has 15 heavy (non-hydrogen) atoms. The van der Waals surface area contributed by atoms with E-state index in [1.807, 2.05) is 0 Å². The van der Waals surface area contributed by atoms with E-state index in [2.05, 4.69) is 12.2 Å². The van der Waals surface area contributed by atoms with E-state index in [4.69, 9.17) is 9.47 Å². The second-order valence-electron chi connectivity index (χ2n) is 4.96. The van der Waals surface area contributed by atoms with Crippen molar-refractivity contribution in [2.75, 3.05) is 13.7 Å². The minimum atomic E-state index is -0.187. The van der Waals surface area contributed by atoms with E-state index >= 15 is 0 Å². The van der Waals surface area contributed by atoms with Gasteiger partial charge in [-0.1, -0.05) is 26.2 Å². The number of hydrogen-bond acceptors (Lipinski definition) is 3. The molecule has 1 N–H and O–H groups in total. The maximum atomic E-state index is 5.71. The zero-order valence-electron chi connectivity index (χ0n) is 9.92. The molecule has 2 fully saturated rings. The average Bonchev–Trinajstić information content (AvgIpc) is 2.72. The van der Waals surface area contributed by atoms with E-state index in [9.17, 15) is 0 Å². The third-order valence-electron chi connectivity index (χ3n) is 3.99.